The molecule has 0 saturated carbocycles. The van der Waals surface area contributed by atoms with Crippen molar-refractivity contribution in [1.29, 1.82) is 5.26 Å². The van der Waals surface area contributed by atoms with Gasteiger partial charge in [0.2, 0.25) is 0 Å². The summed E-state index contributed by atoms with van der Waals surface area (Å²) in [6.45, 7) is 1.63. The fourth-order valence-electron chi connectivity index (χ4n) is 2.18. The van der Waals surface area contributed by atoms with E-state index in [0.29, 0.717) is 0 Å². The summed E-state index contributed by atoms with van der Waals surface area (Å²) < 4.78 is 25.5. The summed E-state index contributed by atoms with van der Waals surface area (Å²) in [7, 11) is 0. The van der Waals surface area contributed by atoms with Crippen molar-refractivity contribution in [3.63, 3.8) is 0 Å². The number of esters is 2. The predicted octanol–water partition coefficient (Wildman–Crippen LogP) is -0.485. The van der Waals surface area contributed by atoms with Crippen LogP contribution in [-0.4, -0.2) is 56.2 Å². The second-order valence-electron chi connectivity index (χ2n) is 4.39. The van der Waals surface area contributed by atoms with E-state index in [9.17, 15) is 9.59 Å². The highest BCUT2D eigenvalue weighted by Gasteiger charge is 2.51. The monoisotopic (exact) mass is 285 g/mol. The van der Waals surface area contributed by atoms with Crippen LogP contribution in [0.15, 0.2) is 0 Å². The standard InChI is InChI=1S/C12H15NO7/c1-2-9(14)19-7-3-17-12-8(4-18-11(7)12)20-10(15)5-16-6-13/h7-8,11-12H,2-5H2,1H3/t7-,8-,11+,12+/m0/s1. The number of fused-ring (bicyclic) bond motifs is 1. The Morgan fingerprint density at radius 1 is 1.15 bits per heavy atom. The van der Waals surface area contributed by atoms with Gasteiger partial charge in [-0.05, 0) is 0 Å². The molecule has 2 aliphatic heterocycles. The molecule has 2 aliphatic rings. The molecule has 2 fully saturated rings. The maximum atomic E-state index is 11.4. The predicted molar refractivity (Wildman–Crippen MR) is 61.1 cm³/mol. The molecule has 0 radical (unpaired) electrons. The molecule has 2 rings (SSSR count). The van der Waals surface area contributed by atoms with Gasteiger partial charge in [-0.2, -0.15) is 5.26 Å². The Labute approximate surface area is 115 Å². The van der Waals surface area contributed by atoms with Gasteiger partial charge >= 0.3 is 11.9 Å². The van der Waals surface area contributed by atoms with Crippen molar-refractivity contribution in [1.82, 2.24) is 0 Å². The number of carbonyl (C=O) groups excluding carboxylic acids is 2. The van der Waals surface area contributed by atoms with Crippen molar-refractivity contribution in [2.75, 3.05) is 19.8 Å². The van der Waals surface area contributed by atoms with Crippen LogP contribution in [0.3, 0.4) is 0 Å². The molecule has 8 heteroatoms. The van der Waals surface area contributed by atoms with E-state index in [1.165, 1.54) is 6.26 Å². The van der Waals surface area contributed by atoms with Crippen LogP contribution in [0.1, 0.15) is 13.3 Å². The normalized spacial score (nSPS) is 31.2. The summed E-state index contributed by atoms with van der Waals surface area (Å²) in [5.41, 5.74) is 0. The van der Waals surface area contributed by atoms with Crippen LogP contribution in [0.2, 0.25) is 0 Å². The van der Waals surface area contributed by atoms with E-state index in [4.69, 9.17) is 24.2 Å². The summed E-state index contributed by atoms with van der Waals surface area (Å²) in [5.74, 6) is -0.996. The van der Waals surface area contributed by atoms with Crippen molar-refractivity contribution >= 4 is 11.9 Å². The molecule has 0 amide bonds. The third kappa shape index (κ3) is 3.18. The Bertz CT molecular complexity index is 419. The molecule has 20 heavy (non-hydrogen) atoms. The zero-order valence-electron chi connectivity index (χ0n) is 10.9. The Balaban J connectivity index is 1.84. The average Bonchev–Trinajstić information content (AvgIpc) is 3.00. The zero-order valence-corrected chi connectivity index (χ0v) is 10.9. The van der Waals surface area contributed by atoms with Gasteiger partial charge in [-0.15, -0.1) is 0 Å². The first-order chi connectivity index (χ1) is 9.65. The molecule has 0 aromatic rings. The van der Waals surface area contributed by atoms with Crippen LogP contribution in [0.5, 0.6) is 0 Å². The van der Waals surface area contributed by atoms with E-state index in [-0.39, 0.29) is 25.6 Å². The first-order valence-electron chi connectivity index (χ1n) is 6.28. The largest absolute Gasteiger partial charge is 0.457 e. The number of nitriles is 1. The molecule has 0 spiro atoms. The summed E-state index contributed by atoms with van der Waals surface area (Å²) >= 11 is 0. The molecule has 0 aliphatic carbocycles. The van der Waals surface area contributed by atoms with E-state index >= 15 is 0 Å². The van der Waals surface area contributed by atoms with Crippen LogP contribution in [0.25, 0.3) is 0 Å². The molecule has 8 nitrogen and oxygen atoms in total. The van der Waals surface area contributed by atoms with Crippen LogP contribution in [0, 0.1) is 11.5 Å². The van der Waals surface area contributed by atoms with Crippen molar-refractivity contribution in [3.8, 4) is 6.26 Å². The van der Waals surface area contributed by atoms with Gasteiger partial charge in [0.1, 0.15) is 12.2 Å². The van der Waals surface area contributed by atoms with Gasteiger partial charge in [-0.3, -0.25) is 4.79 Å². The van der Waals surface area contributed by atoms with Crippen molar-refractivity contribution < 1.29 is 33.3 Å². The lowest BCUT2D eigenvalue weighted by molar-refractivity contribution is -0.157. The Hall–Kier alpha value is -1.85. The van der Waals surface area contributed by atoms with Crippen molar-refractivity contribution in [2.45, 2.75) is 37.8 Å². The maximum absolute atomic E-state index is 11.4. The third-order valence-corrected chi connectivity index (χ3v) is 3.07. The van der Waals surface area contributed by atoms with Crippen molar-refractivity contribution in [2.24, 2.45) is 0 Å². The van der Waals surface area contributed by atoms with Crippen LogP contribution >= 0.6 is 0 Å². The number of hydrogen-bond donors (Lipinski definition) is 0. The molecule has 0 N–H and O–H groups in total. The van der Waals surface area contributed by atoms with Crippen LogP contribution < -0.4 is 0 Å². The summed E-state index contributed by atoms with van der Waals surface area (Å²) in [6.07, 6.45) is -0.296. The highest BCUT2D eigenvalue weighted by atomic mass is 16.7. The SMILES string of the molecule is CCC(=O)O[C@H]1CO[C@H]2[C@@H]1OC[C@@H]2OC(=O)COC#N. The molecular weight excluding hydrogens is 270 g/mol. The molecule has 0 bridgehead atoms. The van der Waals surface area contributed by atoms with E-state index in [1.54, 1.807) is 6.92 Å². The first-order valence-corrected chi connectivity index (χ1v) is 6.28. The highest BCUT2D eigenvalue weighted by Crippen LogP contribution is 2.30. The number of carbonyl (C=O) groups is 2. The molecule has 4 atom stereocenters. The number of ether oxygens (including phenoxy) is 5. The lowest BCUT2D eigenvalue weighted by atomic mass is 10.1. The molecule has 2 saturated heterocycles. The Morgan fingerprint density at radius 2 is 1.70 bits per heavy atom. The minimum atomic E-state index is -0.668. The first kappa shape index (κ1) is 14.6. The summed E-state index contributed by atoms with van der Waals surface area (Å²) in [6, 6.07) is 0. The molecule has 0 aromatic carbocycles. The fourth-order valence-corrected chi connectivity index (χ4v) is 2.18. The van der Waals surface area contributed by atoms with Gasteiger partial charge in [0.25, 0.3) is 6.26 Å². The molecular formula is C12H15NO7. The molecule has 2 heterocycles. The number of hydrogen-bond acceptors (Lipinski definition) is 8. The van der Waals surface area contributed by atoms with Crippen molar-refractivity contribution in [3.05, 3.63) is 0 Å². The minimum Gasteiger partial charge on any atom is -0.457 e. The van der Waals surface area contributed by atoms with Gasteiger partial charge < -0.3 is 23.7 Å². The number of rotatable bonds is 5. The second-order valence-corrected chi connectivity index (χ2v) is 4.39. The minimum absolute atomic E-state index is 0.161. The smallest absolute Gasteiger partial charge is 0.345 e. The van der Waals surface area contributed by atoms with E-state index in [2.05, 4.69) is 4.74 Å². The van der Waals surface area contributed by atoms with Gasteiger partial charge in [0, 0.05) is 6.42 Å². The average molecular weight is 285 g/mol. The number of nitrogens with zero attached hydrogens (tertiary/aromatic N) is 1. The fraction of sp³-hybridized carbons (Fsp3) is 0.750. The third-order valence-electron chi connectivity index (χ3n) is 3.07. The maximum Gasteiger partial charge on any atom is 0.345 e. The summed E-state index contributed by atoms with van der Waals surface area (Å²) in [4.78, 5) is 22.6. The highest BCUT2D eigenvalue weighted by molar-refractivity contribution is 5.71. The zero-order chi connectivity index (χ0) is 14.5. The molecule has 0 unspecified atom stereocenters. The lowest BCUT2D eigenvalue weighted by Crippen LogP contribution is -2.36. The van der Waals surface area contributed by atoms with Crippen LogP contribution in [0.4, 0.5) is 0 Å². The van der Waals surface area contributed by atoms with Gasteiger partial charge in [0.05, 0.1) is 13.2 Å². The van der Waals surface area contributed by atoms with E-state index in [0.717, 1.165) is 0 Å². The summed E-state index contributed by atoms with van der Waals surface area (Å²) in [5, 5.41) is 8.19. The molecule has 0 aromatic heterocycles. The van der Waals surface area contributed by atoms with E-state index < -0.39 is 37.0 Å². The Morgan fingerprint density at radius 3 is 2.20 bits per heavy atom. The van der Waals surface area contributed by atoms with Gasteiger partial charge in [-0.1, -0.05) is 6.92 Å². The van der Waals surface area contributed by atoms with Gasteiger partial charge in [-0.25, -0.2) is 4.79 Å². The quantitative estimate of drug-likeness (QED) is 0.492. The van der Waals surface area contributed by atoms with E-state index in [1.807, 2.05) is 0 Å². The van der Waals surface area contributed by atoms with Crippen LogP contribution in [-0.2, 0) is 33.3 Å². The molecule has 110 valence electrons. The second kappa shape index (κ2) is 6.54. The Kier molecular flexibility index (Phi) is 4.76. The van der Waals surface area contributed by atoms with Gasteiger partial charge in [0.15, 0.2) is 18.8 Å². The topological polar surface area (TPSA) is 104 Å². The lowest BCUT2D eigenvalue weighted by Gasteiger charge is -2.16.